The van der Waals surface area contributed by atoms with E-state index in [2.05, 4.69) is 15.1 Å². The molecule has 0 saturated carbocycles. The molecule has 0 aliphatic heterocycles. The third kappa shape index (κ3) is 5.46. The minimum Gasteiger partial charge on any atom is -0.311 e. The van der Waals surface area contributed by atoms with Crippen LogP contribution in [0.3, 0.4) is 0 Å². The number of nitrogens with one attached hydrogen (secondary N) is 2. The molecule has 0 fully saturated rings. The van der Waals surface area contributed by atoms with E-state index in [1.807, 2.05) is 13.8 Å². The van der Waals surface area contributed by atoms with Crippen LogP contribution in [0.1, 0.15) is 31.9 Å². The molecule has 7 nitrogen and oxygen atoms in total. The highest BCUT2D eigenvalue weighted by Gasteiger charge is 2.34. The summed E-state index contributed by atoms with van der Waals surface area (Å²) in [6.45, 7) is 3.45. The first-order valence-electron chi connectivity index (χ1n) is 8.11. The first-order valence-corrected chi connectivity index (χ1v) is 9.97. The van der Waals surface area contributed by atoms with Crippen molar-refractivity contribution in [2.75, 3.05) is 11.9 Å². The van der Waals surface area contributed by atoms with Crippen LogP contribution in [0.2, 0.25) is 5.02 Å². The summed E-state index contributed by atoms with van der Waals surface area (Å²) in [6.07, 6.45) is -3.50. The van der Waals surface area contributed by atoms with Gasteiger partial charge in [-0.15, -0.1) is 0 Å². The van der Waals surface area contributed by atoms with E-state index in [-0.39, 0.29) is 19.0 Å². The monoisotopic (exact) mass is 438 g/mol. The number of hydrogen-bond acceptors (Lipinski definition) is 4. The van der Waals surface area contributed by atoms with E-state index in [9.17, 15) is 26.4 Å². The number of aromatic nitrogens is 2. The van der Waals surface area contributed by atoms with Crippen molar-refractivity contribution < 1.29 is 26.4 Å². The van der Waals surface area contributed by atoms with Crippen LogP contribution in [0.25, 0.3) is 0 Å². The summed E-state index contributed by atoms with van der Waals surface area (Å²) in [5.74, 6) is -0.0208. The zero-order valence-corrected chi connectivity index (χ0v) is 16.5. The van der Waals surface area contributed by atoms with Crippen LogP contribution in [-0.2, 0) is 21.0 Å². The highest BCUT2D eigenvalue weighted by molar-refractivity contribution is 7.89. The quantitative estimate of drug-likeness (QED) is 0.692. The average molecular weight is 439 g/mol. The number of halogens is 4. The largest absolute Gasteiger partial charge is 0.417 e. The van der Waals surface area contributed by atoms with Crippen molar-refractivity contribution in [3.63, 3.8) is 0 Å². The predicted octanol–water partition coefficient (Wildman–Crippen LogP) is 3.44. The summed E-state index contributed by atoms with van der Waals surface area (Å²) in [5, 5.41) is 6.04. The molecule has 1 aromatic heterocycles. The van der Waals surface area contributed by atoms with Crippen molar-refractivity contribution in [2.45, 2.75) is 37.4 Å². The van der Waals surface area contributed by atoms with Gasteiger partial charge in [-0.05, 0) is 32.0 Å². The second-order valence-electron chi connectivity index (χ2n) is 6.09. The summed E-state index contributed by atoms with van der Waals surface area (Å²) < 4.78 is 66.7. The predicted molar refractivity (Wildman–Crippen MR) is 97.5 cm³/mol. The van der Waals surface area contributed by atoms with Crippen molar-refractivity contribution in [3.8, 4) is 0 Å². The fraction of sp³-hybridized carbons (Fsp3) is 0.375. The number of nitrogens with zero attached hydrogens (tertiary/aromatic N) is 2. The second kappa shape index (κ2) is 8.50. The topological polar surface area (TPSA) is 93.1 Å². The number of anilines is 1. The van der Waals surface area contributed by atoms with Gasteiger partial charge >= 0.3 is 6.18 Å². The third-order valence-electron chi connectivity index (χ3n) is 3.62. The molecule has 28 heavy (non-hydrogen) atoms. The molecule has 0 bridgehead atoms. The Balaban J connectivity index is 2.00. The lowest BCUT2D eigenvalue weighted by atomic mass is 10.2. The van der Waals surface area contributed by atoms with E-state index in [4.69, 9.17) is 11.6 Å². The molecule has 2 N–H and O–H groups in total. The van der Waals surface area contributed by atoms with Crippen LogP contribution in [0.4, 0.5) is 19.0 Å². The van der Waals surface area contributed by atoms with Crippen LogP contribution in [0.5, 0.6) is 0 Å². The maximum absolute atomic E-state index is 12.9. The van der Waals surface area contributed by atoms with Crippen molar-refractivity contribution in [1.29, 1.82) is 0 Å². The Bertz CT molecular complexity index is 958. The van der Waals surface area contributed by atoms with Gasteiger partial charge in [0.15, 0.2) is 0 Å². The van der Waals surface area contributed by atoms with Gasteiger partial charge in [-0.1, -0.05) is 11.6 Å². The van der Waals surface area contributed by atoms with E-state index < -0.39 is 37.6 Å². The number of alkyl halides is 3. The molecule has 0 radical (unpaired) electrons. The van der Waals surface area contributed by atoms with Gasteiger partial charge in [0.05, 0.1) is 21.7 Å². The second-order valence-corrected chi connectivity index (χ2v) is 8.26. The SMILES string of the molecule is CC(C)n1nccc1NC(=O)CCNS(=O)(=O)c1ccc(Cl)c(C(F)(F)F)c1. The van der Waals surface area contributed by atoms with Gasteiger partial charge in [0.1, 0.15) is 5.82 Å². The molecule has 0 unspecified atom stereocenters. The van der Waals surface area contributed by atoms with Crippen molar-refractivity contribution in [1.82, 2.24) is 14.5 Å². The minimum atomic E-state index is -4.79. The fourth-order valence-corrected chi connectivity index (χ4v) is 3.58. The number of sulfonamides is 1. The Morgan fingerprint density at radius 1 is 1.29 bits per heavy atom. The molecular formula is C16H18ClF3N4O3S. The Morgan fingerprint density at radius 3 is 2.57 bits per heavy atom. The van der Waals surface area contributed by atoms with Gasteiger partial charge in [-0.2, -0.15) is 18.3 Å². The number of carbonyl (C=O) groups is 1. The maximum Gasteiger partial charge on any atom is 0.417 e. The smallest absolute Gasteiger partial charge is 0.311 e. The first-order chi connectivity index (χ1) is 12.9. The molecule has 0 atom stereocenters. The molecule has 2 rings (SSSR count). The molecule has 0 spiro atoms. The van der Waals surface area contributed by atoms with E-state index in [1.165, 1.54) is 6.20 Å². The Labute approximate surface area is 164 Å². The Kier molecular flexibility index (Phi) is 6.73. The molecule has 12 heteroatoms. The van der Waals surface area contributed by atoms with E-state index in [1.54, 1.807) is 10.7 Å². The Morgan fingerprint density at radius 2 is 1.96 bits per heavy atom. The zero-order valence-electron chi connectivity index (χ0n) is 14.9. The lowest BCUT2D eigenvalue weighted by Gasteiger charge is -2.13. The minimum absolute atomic E-state index is 0.0107. The summed E-state index contributed by atoms with van der Waals surface area (Å²) in [6, 6.07) is 3.87. The van der Waals surface area contributed by atoms with Gasteiger partial charge in [-0.3, -0.25) is 4.79 Å². The molecule has 1 heterocycles. The molecular weight excluding hydrogens is 421 g/mol. The van der Waals surface area contributed by atoms with E-state index in [0.717, 1.165) is 12.1 Å². The standard InChI is InChI=1S/C16H18ClF3N4O3S/c1-10(2)24-14(5-7-21-24)23-15(25)6-8-22-28(26,27)11-3-4-13(17)12(9-11)16(18,19)20/h3-5,7,9-10,22H,6,8H2,1-2H3,(H,23,25). The Hall–Kier alpha value is -2.11. The lowest BCUT2D eigenvalue weighted by Crippen LogP contribution is -2.28. The maximum atomic E-state index is 12.9. The van der Waals surface area contributed by atoms with Crippen LogP contribution in [0.15, 0.2) is 35.4 Å². The molecule has 0 aliphatic rings. The van der Waals surface area contributed by atoms with Crippen LogP contribution in [0, 0.1) is 0 Å². The number of amides is 1. The lowest BCUT2D eigenvalue weighted by molar-refractivity contribution is -0.137. The van der Waals surface area contributed by atoms with Crippen LogP contribution < -0.4 is 10.0 Å². The number of rotatable bonds is 7. The molecule has 2 aromatic rings. The van der Waals surface area contributed by atoms with Crippen molar-refractivity contribution in [2.24, 2.45) is 0 Å². The number of benzene rings is 1. The van der Waals surface area contributed by atoms with Crippen molar-refractivity contribution >= 4 is 33.3 Å². The number of carbonyl (C=O) groups excluding carboxylic acids is 1. The number of hydrogen-bond donors (Lipinski definition) is 2. The van der Waals surface area contributed by atoms with Crippen LogP contribution >= 0.6 is 11.6 Å². The molecule has 1 aromatic carbocycles. The normalized spacial score (nSPS) is 12.4. The van der Waals surface area contributed by atoms with Gasteiger partial charge in [0, 0.05) is 25.1 Å². The average Bonchev–Trinajstić information content (AvgIpc) is 3.02. The highest BCUT2D eigenvalue weighted by Crippen LogP contribution is 2.35. The molecule has 154 valence electrons. The van der Waals surface area contributed by atoms with Crippen molar-refractivity contribution in [3.05, 3.63) is 41.0 Å². The van der Waals surface area contributed by atoms with Gasteiger partial charge in [0.25, 0.3) is 0 Å². The summed E-state index contributed by atoms with van der Waals surface area (Å²) in [5.41, 5.74) is -1.25. The van der Waals surface area contributed by atoms with E-state index in [0.29, 0.717) is 11.9 Å². The summed E-state index contributed by atoms with van der Waals surface area (Å²) in [4.78, 5) is 11.4. The summed E-state index contributed by atoms with van der Waals surface area (Å²) in [7, 11) is -4.25. The molecule has 0 aliphatic carbocycles. The van der Waals surface area contributed by atoms with Crippen LogP contribution in [-0.4, -0.2) is 30.7 Å². The zero-order chi connectivity index (χ0) is 21.1. The van der Waals surface area contributed by atoms with Gasteiger partial charge in [-0.25, -0.2) is 17.8 Å². The van der Waals surface area contributed by atoms with Gasteiger partial charge in [0.2, 0.25) is 15.9 Å². The third-order valence-corrected chi connectivity index (χ3v) is 5.41. The molecule has 1 amide bonds. The van der Waals surface area contributed by atoms with E-state index >= 15 is 0 Å². The fourth-order valence-electron chi connectivity index (χ4n) is 2.30. The van der Waals surface area contributed by atoms with Gasteiger partial charge < -0.3 is 5.32 Å². The first kappa shape index (κ1) is 22.2. The highest BCUT2D eigenvalue weighted by atomic mass is 35.5. The summed E-state index contributed by atoms with van der Waals surface area (Å²) >= 11 is 5.48. The molecule has 0 saturated heterocycles.